The van der Waals surface area contributed by atoms with E-state index >= 15 is 0 Å². The van der Waals surface area contributed by atoms with Crippen molar-refractivity contribution < 1.29 is 9.47 Å². The van der Waals surface area contributed by atoms with Crippen LogP contribution in [0, 0.1) is 0 Å². The van der Waals surface area contributed by atoms with Crippen LogP contribution in [0.4, 0.5) is 0 Å². The summed E-state index contributed by atoms with van der Waals surface area (Å²) >= 11 is 1.67. The molecule has 0 bridgehead atoms. The first-order valence-corrected chi connectivity index (χ1v) is 7.56. The van der Waals surface area contributed by atoms with E-state index in [1.165, 1.54) is 12.8 Å². The second-order valence-corrected chi connectivity index (χ2v) is 5.82. The average Bonchev–Trinajstić information content (AvgIpc) is 3.15. The quantitative estimate of drug-likeness (QED) is 0.888. The molecule has 1 atom stereocenters. The Kier molecular flexibility index (Phi) is 3.89. The highest BCUT2D eigenvalue weighted by Gasteiger charge is 2.28. The standard InChI is InChI=1S/C15H18N2O2S/c1-18-12-7-10(8-13(9-12)19-2)14(17-11-3-4-11)15-16-5-6-20-15/h5-9,11,14,17H,3-4H2,1-2H3. The maximum atomic E-state index is 5.36. The first-order chi connectivity index (χ1) is 9.80. The van der Waals surface area contributed by atoms with E-state index in [0.717, 1.165) is 22.1 Å². The Labute approximate surface area is 122 Å². The minimum atomic E-state index is 0.103. The van der Waals surface area contributed by atoms with Crippen LogP contribution in [0.25, 0.3) is 0 Å². The van der Waals surface area contributed by atoms with E-state index in [2.05, 4.69) is 10.3 Å². The van der Waals surface area contributed by atoms with Crippen molar-refractivity contribution in [2.45, 2.75) is 24.9 Å². The van der Waals surface area contributed by atoms with Crippen molar-refractivity contribution in [3.8, 4) is 11.5 Å². The molecule has 1 aromatic heterocycles. The van der Waals surface area contributed by atoms with Gasteiger partial charge in [-0.1, -0.05) is 0 Å². The van der Waals surface area contributed by atoms with E-state index in [1.807, 2.05) is 29.8 Å². The van der Waals surface area contributed by atoms with E-state index < -0.39 is 0 Å². The van der Waals surface area contributed by atoms with Crippen LogP contribution in [0.15, 0.2) is 29.8 Å². The van der Waals surface area contributed by atoms with Gasteiger partial charge in [-0.05, 0) is 30.5 Å². The molecular weight excluding hydrogens is 272 g/mol. The van der Waals surface area contributed by atoms with Gasteiger partial charge in [-0.3, -0.25) is 0 Å². The summed E-state index contributed by atoms with van der Waals surface area (Å²) in [5, 5.41) is 6.73. The monoisotopic (exact) mass is 290 g/mol. The molecule has 4 nitrogen and oxygen atoms in total. The Hall–Kier alpha value is -1.59. The summed E-state index contributed by atoms with van der Waals surface area (Å²) in [6, 6.07) is 6.68. The topological polar surface area (TPSA) is 43.4 Å². The summed E-state index contributed by atoms with van der Waals surface area (Å²) in [6.07, 6.45) is 4.32. The molecule has 5 heteroatoms. The maximum Gasteiger partial charge on any atom is 0.122 e. The zero-order valence-corrected chi connectivity index (χ0v) is 12.4. The first-order valence-electron chi connectivity index (χ1n) is 6.68. The fourth-order valence-electron chi connectivity index (χ4n) is 2.17. The number of aromatic nitrogens is 1. The molecule has 1 aliphatic rings. The van der Waals surface area contributed by atoms with Gasteiger partial charge in [0.15, 0.2) is 0 Å². The lowest BCUT2D eigenvalue weighted by Gasteiger charge is -2.18. The van der Waals surface area contributed by atoms with Crippen LogP contribution in [0.3, 0.4) is 0 Å². The van der Waals surface area contributed by atoms with Gasteiger partial charge in [-0.15, -0.1) is 11.3 Å². The van der Waals surface area contributed by atoms with E-state index in [-0.39, 0.29) is 6.04 Å². The molecule has 2 aromatic rings. The number of ether oxygens (including phenoxy) is 2. The largest absolute Gasteiger partial charge is 0.497 e. The Morgan fingerprint density at radius 2 is 1.90 bits per heavy atom. The number of hydrogen-bond donors (Lipinski definition) is 1. The molecule has 1 heterocycles. The SMILES string of the molecule is COc1cc(OC)cc(C(NC2CC2)c2nccs2)c1. The van der Waals surface area contributed by atoms with Gasteiger partial charge >= 0.3 is 0 Å². The van der Waals surface area contributed by atoms with E-state index in [0.29, 0.717) is 6.04 Å². The Morgan fingerprint density at radius 1 is 1.20 bits per heavy atom. The Morgan fingerprint density at radius 3 is 2.40 bits per heavy atom. The summed E-state index contributed by atoms with van der Waals surface area (Å²) in [6.45, 7) is 0. The summed E-state index contributed by atoms with van der Waals surface area (Å²) in [4.78, 5) is 4.46. The second kappa shape index (κ2) is 5.81. The number of nitrogens with zero attached hydrogens (tertiary/aromatic N) is 1. The van der Waals surface area contributed by atoms with Crippen molar-refractivity contribution in [2.24, 2.45) is 0 Å². The van der Waals surface area contributed by atoms with Crippen LogP contribution in [0.1, 0.15) is 29.5 Å². The van der Waals surface area contributed by atoms with Crippen molar-refractivity contribution in [3.05, 3.63) is 40.3 Å². The number of methoxy groups -OCH3 is 2. The molecule has 0 spiro atoms. The van der Waals surface area contributed by atoms with Gasteiger partial charge in [0.1, 0.15) is 16.5 Å². The normalized spacial score (nSPS) is 15.9. The lowest BCUT2D eigenvalue weighted by Crippen LogP contribution is -2.24. The van der Waals surface area contributed by atoms with Crippen molar-refractivity contribution >= 4 is 11.3 Å². The van der Waals surface area contributed by atoms with Crippen molar-refractivity contribution in [2.75, 3.05) is 14.2 Å². The first kappa shape index (κ1) is 13.4. The van der Waals surface area contributed by atoms with Gasteiger partial charge < -0.3 is 14.8 Å². The highest BCUT2D eigenvalue weighted by Crippen LogP contribution is 2.33. The summed E-state index contributed by atoms with van der Waals surface area (Å²) < 4.78 is 10.7. The van der Waals surface area contributed by atoms with Crippen molar-refractivity contribution in [3.63, 3.8) is 0 Å². The fraction of sp³-hybridized carbons (Fsp3) is 0.400. The molecule has 106 valence electrons. The predicted octanol–water partition coefficient (Wildman–Crippen LogP) is 3.00. The third-order valence-electron chi connectivity index (χ3n) is 3.39. The van der Waals surface area contributed by atoms with E-state index in [1.54, 1.807) is 25.6 Å². The van der Waals surface area contributed by atoms with Gasteiger partial charge in [-0.2, -0.15) is 0 Å². The molecule has 1 aliphatic carbocycles. The minimum absolute atomic E-state index is 0.103. The van der Waals surface area contributed by atoms with Crippen LogP contribution in [0.2, 0.25) is 0 Å². The highest BCUT2D eigenvalue weighted by atomic mass is 32.1. The van der Waals surface area contributed by atoms with Crippen LogP contribution >= 0.6 is 11.3 Å². The van der Waals surface area contributed by atoms with E-state index in [4.69, 9.17) is 9.47 Å². The molecule has 1 aromatic carbocycles. The van der Waals surface area contributed by atoms with Crippen LogP contribution < -0.4 is 14.8 Å². The number of benzene rings is 1. The van der Waals surface area contributed by atoms with Crippen LogP contribution in [0.5, 0.6) is 11.5 Å². The minimum Gasteiger partial charge on any atom is -0.497 e. The zero-order chi connectivity index (χ0) is 13.9. The molecule has 1 fully saturated rings. The summed E-state index contributed by atoms with van der Waals surface area (Å²) in [7, 11) is 3.34. The lowest BCUT2D eigenvalue weighted by atomic mass is 10.1. The van der Waals surface area contributed by atoms with Crippen LogP contribution in [-0.2, 0) is 0 Å². The van der Waals surface area contributed by atoms with Gasteiger partial charge in [0, 0.05) is 23.7 Å². The average molecular weight is 290 g/mol. The molecule has 3 rings (SSSR count). The molecule has 20 heavy (non-hydrogen) atoms. The summed E-state index contributed by atoms with van der Waals surface area (Å²) in [5.74, 6) is 1.61. The molecule has 0 aliphatic heterocycles. The number of thiazole rings is 1. The second-order valence-electron chi connectivity index (χ2n) is 4.89. The molecule has 0 saturated heterocycles. The fourth-order valence-corrected chi connectivity index (χ4v) is 2.89. The zero-order valence-electron chi connectivity index (χ0n) is 11.6. The third-order valence-corrected chi connectivity index (χ3v) is 4.23. The molecule has 1 saturated carbocycles. The third kappa shape index (κ3) is 2.94. The van der Waals surface area contributed by atoms with Crippen molar-refractivity contribution in [1.82, 2.24) is 10.3 Å². The van der Waals surface area contributed by atoms with Crippen LogP contribution in [-0.4, -0.2) is 25.2 Å². The molecule has 1 unspecified atom stereocenters. The Bertz CT molecular complexity index is 545. The number of nitrogens with one attached hydrogen (secondary N) is 1. The number of rotatable bonds is 6. The molecule has 0 radical (unpaired) electrons. The Balaban J connectivity index is 1.96. The van der Waals surface area contributed by atoms with Gasteiger partial charge in [-0.25, -0.2) is 4.98 Å². The smallest absolute Gasteiger partial charge is 0.122 e. The van der Waals surface area contributed by atoms with Gasteiger partial charge in [0.05, 0.1) is 20.3 Å². The summed E-state index contributed by atoms with van der Waals surface area (Å²) in [5.41, 5.74) is 1.13. The van der Waals surface area contributed by atoms with E-state index in [9.17, 15) is 0 Å². The molecule has 0 amide bonds. The maximum absolute atomic E-state index is 5.36. The van der Waals surface area contributed by atoms with Crippen molar-refractivity contribution in [1.29, 1.82) is 0 Å². The van der Waals surface area contributed by atoms with Gasteiger partial charge in [0.2, 0.25) is 0 Å². The predicted molar refractivity (Wildman–Crippen MR) is 79.7 cm³/mol. The number of hydrogen-bond acceptors (Lipinski definition) is 5. The van der Waals surface area contributed by atoms with Gasteiger partial charge in [0.25, 0.3) is 0 Å². The lowest BCUT2D eigenvalue weighted by molar-refractivity contribution is 0.392. The highest BCUT2D eigenvalue weighted by molar-refractivity contribution is 7.09. The molecule has 1 N–H and O–H groups in total. The molecular formula is C15H18N2O2S.